The Bertz CT molecular complexity index is 863. The van der Waals surface area contributed by atoms with Crippen molar-refractivity contribution < 1.29 is 9.90 Å². The van der Waals surface area contributed by atoms with Crippen LogP contribution in [-0.4, -0.2) is 62.1 Å². The number of likely N-dealkylation sites (tertiary alicyclic amines) is 2. The number of carbonyl (C=O) groups is 1. The molecule has 1 aliphatic carbocycles. The van der Waals surface area contributed by atoms with Crippen molar-refractivity contribution in [2.45, 2.75) is 56.1 Å². The molecular formula is C24H30N4O2. The molecule has 1 saturated carbocycles. The highest BCUT2D eigenvalue weighted by atomic mass is 16.3. The molecule has 2 atom stereocenters. The largest absolute Gasteiger partial charge is 0.395 e. The van der Waals surface area contributed by atoms with Crippen LogP contribution in [0, 0.1) is 5.92 Å². The van der Waals surface area contributed by atoms with Gasteiger partial charge in [-0.1, -0.05) is 49.6 Å². The van der Waals surface area contributed by atoms with Gasteiger partial charge in [-0.05, 0) is 18.4 Å². The predicted molar refractivity (Wildman–Crippen MR) is 114 cm³/mol. The number of aromatic nitrogens is 2. The molecule has 1 aromatic heterocycles. The van der Waals surface area contributed by atoms with Crippen molar-refractivity contribution in [1.29, 1.82) is 0 Å². The summed E-state index contributed by atoms with van der Waals surface area (Å²) in [6, 6.07) is 10.5. The molecule has 1 aromatic carbocycles. The van der Waals surface area contributed by atoms with Crippen molar-refractivity contribution in [1.82, 2.24) is 19.8 Å². The number of aliphatic hydroxyl groups excluding tert-OH is 1. The number of nitrogens with zero attached hydrogens (tertiary/aromatic N) is 4. The van der Waals surface area contributed by atoms with E-state index in [0.717, 1.165) is 31.5 Å². The lowest BCUT2D eigenvalue weighted by Gasteiger charge is -2.71. The Morgan fingerprint density at radius 3 is 2.43 bits per heavy atom. The first-order valence-electron chi connectivity index (χ1n) is 11.2. The Morgan fingerprint density at radius 1 is 1.07 bits per heavy atom. The molecule has 6 heteroatoms. The van der Waals surface area contributed by atoms with E-state index in [1.165, 1.54) is 24.8 Å². The molecule has 2 aliphatic heterocycles. The van der Waals surface area contributed by atoms with Crippen LogP contribution in [0.15, 0.2) is 49.1 Å². The van der Waals surface area contributed by atoms with E-state index in [-0.39, 0.29) is 30.0 Å². The van der Waals surface area contributed by atoms with Gasteiger partial charge >= 0.3 is 0 Å². The molecule has 5 rings (SSSR count). The maximum Gasteiger partial charge on any atom is 0.225 e. The molecule has 30 heavy (non-hydrogen) atoms. The molecule has 2 aromatic rings. The van der Waals surface area contributed by atoms with Gasteiger partial charge in [-0.25, -0.2) is 9.97 Å². The van der Waals surface area contributed by atoms with Crippen LogP contribution in [0.1, 0.15) is 49.1 Å². The number of hydrogen-bond acceptors (Lipinski definition) is 5. The quantitative estimate of drug-likeness (QED) is 0.827. The van der Waals surface area contributed by atoms with Crippen molar-refractivity contribution in [3.63, 3.8) is 0 Å². The van der Waals surface area contributed by atoms with Gasteiger partial charge in [-0.2, -0.15) is 0 Å². The van der Waals surface area contributed by atoms with Crippen LogP contribution in [0.4, 0.5) is 0 Å². The monoisotopic (exact) mass is 406 g/mol. The van der Waals surface area contributed by atoms with Crippen LogP contribution >= 0.6 is 0 Å². The average Bonchev–Trinajstić information content (AvgIpc) is 2.77. The van der Waals surface area contributed by atoms with E-state index < -0.39 is 0 Å². The summed E-state index contributed by atoms with van der Waals surface area (Å²) < 4.78 is 0. The lowest BCUT2D eigenvalue weighted by Crippen LogP contribution is -2.84. The van der Waals surface area contributed by atoms with Gasteiger partial charge in [0.15, 0.2) is 0 Å². The third kappa shape index (κ3) is 3.22. The maximum absolute atomic E-state index is 13.1. The van der Waals surface area contributed by atoms with Gasteiger partial charge < -0.3 is 10.0 Å². The molecule has 1 amide bonds. The topological polar surface area (TPSA) is 69.6 Å². The number of rotatable bonds is 5. The first kappa shape index (κ1) is 19.6. The lowest BCUT2D eigenvalue weighted by molar-refractivity contribution is -0.202. The van der Waals surface area contributed by atoms with E-state index in [1.807, 2.05) is 18.5 Å². The average molecular weight is 407 g/mol. The smallest absolute Gasteiger partial charge is 0.225 e. The molecule has 2 saturated heterocycles. The third-order valence-corrected chi connectivity index (χ3v) is 7.44. The minimum Gasteiger partial charge on any atom is -0.395 e. The van der Waals surface area contributed by atoms with Crippen molar-refractivity contribution in [2.75, 3.05) is 19.7 Å². The molecule has 3 aliphatic rings. The van der Waals surface area contributed by atoms with E-state index in [1.54, 1.807) is 6.33 Å². The number of aliphatic hydroxyl groups is 1. The minimum absolute atomic E-state index is 0.0412. The Morgan fingerprint density at radius 2 is 1.77 bits per heavy atom. The fourth-order valence-electron chi connectivity index (χ4n) is 6.00. The van der Waals surface area contributed by atoms with Gasteiger partial charge in [0.25, 0.3) is 0 Å². The van der Waals surface area contributed by atoms with Gasteiger partial charge in [0.1, 0.15) is 6.33 Å². The molecule has 0 bridgehead atoms. The normalized spacial score (nSPS) is 26.2. The number of carbonyl (C=O) groups excluding carboxylic acids is 1. The van der Waals surface area contributed by atoms with Crippen molar-refractivity contribution >= 4 is 5.91 Å². The van der Waals surface area contributed by atoms with E-state index in [0.29, 0.717) is 12.5 Å². The third-order valence-electron chi connectivity index (χ3n) is 7.44. The molecule has 0 radical (unpaired) electrons. The van der Waals surface area contributed by atoms with Gasteiger partial charge in [-0.3, -0.25) is 9.69 Å². The molecular weight excluding hydrogens is 376 g/mol. The first-order chi connectivity index (χ1) is 14.7. The summed E-state index contributed by atoms with van der Waals surface area (Å²) in [4.78, 5) is 25.9. The fraction of sp³-hybridized carbons (Fsp3) is 0.542. The Kier molecular flexibility index (Phi) is 5.29. The van der Waals surface area contributed by atoms with Gasteiger partial charge in [0.05, 0.1) is 12.1 Å². The second kappa shape index (κ2) is 8.08. The summed E-state index contributed by atoms with van der Waals surface area (Å²) in [6.45, 7) is 2.28. The highest BCUT2D eigenvalue weighted by molar-refractivity contribution is 5.80. The van der Waals surface area contributed by atoms with Crippen LogP contribution in [0.5, 0.6) is 0 Å². The highest BCUT2D eigenvalue weighted by Gasteiger charge is 2.66. The SMILES string of the molecule is O=C(C1CCCCC1)N1CC2(C1)[C@H](c1ccccc1)[C@H](CO)N2Cc1cncnc1. The van der Waals surface area contributed by atoms with Crippen LogP contribution in [0.25, 0.3) is 0 Å². The predicted octanol–water partition coefficient (Wildman–Crippen LogP) is 2.60. The summed E-state index contributed by atoms with van der Waals surface area (Å²) in [6.07, 6.45) is 10.9. The lowest BCUT2D eigenvalue weighted by atomic mass is 9.60. The standard InChI is InChI=1S/C24H30N4O2/c29-14-21-22(19-7-3-1-4-8-19)24(28(21)13-18-11-25-17-26-12-18)15-27(16-24)23(30)20-9-5-2-6-10-20/h1,3-4,7-8,11-12,17,20-22,29H,2,5-6,9-10,13-16H2/t21-,22+/m0/s1. The van der Waals surface area contributed by atoms with Gasteiger partial charge in [-0.15, -0.1) is 0 Å². The van der Waals surface area contributed by atoms with Gasteiger partial charge in [0.2, 0.25) is 5.91 Å². The number of hydrogen-bond donors (Lipinski definition) is 1. The van der Waals surface area contributed by atoms with Crippen LogP contribution in [-0.2, 0) is 11.3 Å². The molecule has 3 fully saturated rings. The second-order valence-electron chi connectivity index (χ2n) is 9.15. The van der Waals surface area contributed by atoms with Crippen molar-refractivity contribution in [3.8, 4) is 0 Å². The van der Waals surface area contributed by atoms with Crippen LogP contribution in [0.2, 0.25) is 0 Å². The molecule has 1 spiro atoms. The Balaban J connectivity index is 1.39. The summed E-state index contributed by atoms with van der Waals surface area (Å²) in [5.74, 6) is 0.766. The van der Waals surface area contributed by atoms with E-state index in [4.69, 9.17) is 0 Å². The zero-order valence-electron chi connectivity index (χ0n) is 17.4. The number of amides is 1. The molecule has 3 heterocycles. The summed E-state index contributed by atoms with van der Waals surface area (Å²) in [5.41, 5.74) is 2.18. The van der Waals surface area contributed by atoms with Crippen LogP contribution in [0.3, 0.4) is 0 Å². The zero-order valence-corrected chi connectivity index (χ0v) is 17.4. The van der Waals surface area contributed by atoms with Gasteiger partial charge in [0, 0.05) is 55.5 Å². The molecule has 1 N–H and O–H groups in total. The second-order valence-corrected chi connectivity index (χ2v) is 9.15. The molecule has 0 unspecified atom stereocenters. The van der Waals surface area contributed by atoms with E-state index >= 15 is 0 Å². The summed E-state index contributed by atoms with van der Waals surface area (Å²) >= 11 is 0. The van der Waals surface area contributed by atoms with Crippen molar-refractivity contribution in [3.05, 3.63) is 60.2 Å². The summed E-state index contributed by atoms with van der Waals surface area (Å²) in [7, 11) is 0. The van der Waals surface area contributed by atoms with Crippen LogP contribution < -0.4 is 0 Å². The van der Waals surface area contributed by atoms with E-state index in [2.05, 4.69) is 44.0 Å². The molecule has 158 valence electrons. The maximum atomic E-state index is 13.1. The highest BCUT2D eigenvalue weighted by Crippen LogP contribution is 2.54. The fourth-order valence-corrected chi connectivity index (χ4v) is 6.00. The number of benzene rings is 1. The molecule has 6 nitrogen and oxygen atoms in total. The minimum atomic E-state index is -0.116. The van der Waals surface area contributed by atoms with Crippen molar-refractivity contribution in [2.24, 2.45) is 5.92 Å². The zero-order chi connectivity index (χ0) is 20.6. The summed E-state index contributed by atoms with van der Waals surface area (Å²) in [5, 5.41) is 10.2. The first-order valence-corrected chi connectivity index (χ1v) is 11.2. The Labute approximate surface area is 177 Å². The van der Waals surface area contributed by atoms with E-state index in [9.17, 15) is 9.90 Å². The Hall–Kier alpha value is -2.31.